The maximum atomic E-state index is 12.3. The number of carbonyl (C=O) groups excluding carboxylic acids is 1. The molecule has 0 bridgehead atoms. The first-order chi connectivity index (χ1) is 17.4. The molecule has 0 spiro atoms. The van der Waals surface area contributed by atoms with Crippen LogP contribution < -0.4 is 4.90 Å². The molecule has 0 unspecified atom stereocenters. The van der Waals surface area contributed by atoms with E-state index in [0.717, 1.165) is 53.2 Å². The predicted molar refractivity (Wildman–Crippen MR) is 145 cm³/mol. The topological polar surface area (TPSA) is 68.4 Å². The summed E-state index contributed by atoms with van der Waals surface area (Å²) >= 11 is 0. The minimum Gasteiger partial charge on any atom is -0.362 e. The second-order valence-corrected chi connectivity index (χ2v) is 10.0. The Labute approximate surface area is 211 Å². The lowest BCUT2D eigenvalue weighted by atomic mass is 9.94. The van der Waals surface area contributed by atoms with Gasteiger partial charge in [0.2, 0.25) is 0 Å². The molecule has 0 aliphatic carbocycles. The van der Waals surface area contributed by atoms with Crippen LogP contribution in [0.25, 0.3) is 39.6 Å². The zero-order valence-corrected chi connectivity index (χ0v) is 21.1. The Kier molecular flexibility index (Phi) is 5.38. The SMILES string of the molecule is Cc1cc(-c2cnc3[nH]cc(-c4ccc(C(=O)N(C)C)cc4)c3n2)cc2c1N1CCN(C)C[C@H]1C=C2. The molecule has 0 radical (unpaired) electrons. The summed E-state index contributed by atoms with van der Waals surface area (Å²) in [5.41, 5.74) is 9.95. The molecule has 1 fully saturated rings. The summed E-state index contributed by atoms with van der Waals surface area (Å²) < 4.78 is 0. The summed E-state index contributed by atoms with van der Waals surface area (Å²) in [6, 6.07) is 12.5. The molecular formula is C29H30N6O. The number of H-pyrrole nitrogens is 1. The highest BCUT2D eigenvalue weighted by Crippen LogP contribution is 2.37. The fraction of sp³-hybridized carbons (Fsp3) is 0.276. The Morgan fingerprint density at radius 2 is 1.92 bits per heavy atom. The number of amides is 1. The number of nitrogens with one attached hydrogen (secondary N) is 1. The second kappa shape index (κ2) is 8.60. The number of benzene rings is 2. The van der Waals surface area contributed by atoms with Gasteiger partial charge in [0, 0.05) is 62.3 Å². The van der Waals surface area contributed by atoms with Gasteiger partial charge in [-0.3, -0.25) is 4.79 Å². The molecule has 2 aromatic heterocycles. The van der Waals surface area contributed by atoms with E-state index in [0.29, 0.717) is 11.6 Å². The highest BCUT2D eigenvalue weighted by Gasteiger charge is 2.29. The normalized spacial score (nSPS) is 17.2. The maximum absolute atomic E-state index is 12.3. The number of carbonyl (C=O) groups is 1. The van der Waals surface area contributed by atoms with Crippen molar-refractivity contribution in [2.24, 2.45) is 0 Å². The molecule has 1 N–H and O–H groups in total. The van der Waals surface area contributed by atoms with E-state index in [1.165, 1.54) is 16.8 Å². The molecule has 1 saturated heterocycles. The van der Waals surface area contributed by atoms with E-state index in [4.69, 9.17) is 4.98 Å². The average molecular weight is 479 g/mol. The maximum Gasteiger partial charge on any atom is 0.253 e. The Bertz CT molecular complexity index is 1500. The molecule has 4 heterocycles. The molecule has 182 valence electrons. The summed E-state index contributed by atoms with van der Waals surface area (Å²) in [4.78, 5) is 31.7. The first-order valence-corrected chi connectivity index (χ1v) is 12.3. The zero-order valence-electron chi connectivity index (χ0n) is 21.1. The van der Waals surface area contributed by atoms with Gasteiger partial charge in [-0.15, -0.1) is 0 Å². The zero-order chi connectivity index (χ0) is 25.0. The Balaban J connectivity index is 1.37. The van der Waals surface area contributed by atoms with Crippen molar-refractivity contribution in [3.63, 3.8) is 0 Å². The first-order valence-electron chi connectivity index (χ1n) is 12.3. The van der Waals surface area contributed by atoms with E-state index in [-0.39, 0.29) is 5.91 Å². The van der Waals surface area contributed by atoms with Crippen molar-refractivity contribution >= 4 is 28.8 Å². The number of aromatic amines is 1. The smallest absolute Gasteiger partial charge is 0.253 e. The van der Waals surface area contributed by atoms with Gasteiger partial charge in [-0.25, -0.2) is 9.97 Å². The van der Waals surface area contributed by atoms with Crippen LogP contribution in [0.2, 0.25) is 0 Å². The molecule has 7 heteroatoms. The van der Waals surface area contributed by atoms with Crippen LogP contribution in [0.3, 0.4) is 0 Å². The van der Waals surface area contributed by atoms with Gasteiger partial charge in [0.05, 0.1) is 17.9 Å². The molecule has 4 aromatic rings. The van der Waals surface area contributed by atoms with Crippen LogP contribution in [-0.4, -0.2) is 77.5 Å². The van der Waals surface area contributed by atoms with E-state index in [2.05, 4.69) is 58.0 Å². The standard InChI is InChI=1S/C29H30N6O/c1-18-13-22(14-21-9-10-23-17-34(4)11-12-35(23)27(18)21)25-16-31-28-26(32-25)24(15-30-28)19-5-7-20(8-6-19)29(36)33(2)3/h5-10,13-16,23H,11-12,17H2,1-4H3,(H,30,31)/t23-/m1/s1. The molecule has 1 amide bonds. The lowest BCUT2D eigenvalue weighted by Crippen LogP contribution is -2.52. The van der Waals surface area contributed by atoms with E-state index in [1.807, 2.05) is 36.7 Å². The van der Waals surface area contributed by atoms with Gasteiger partial charge in [0.25, 0.3) is 5.91 Å². The van der Waals surface area contributed by atoms with Crippen molar-refractivity contribution in [3.8, 4) is 22.4 Å². The van der Waals surface area contributed by atoms with Gasteiger partial charge in [-0.05, 0) is 54.9 Å². The molecule has 1 atom stereocenters. The number of hydrogen-bond acceptors (Lipinski definition) is 5. The van der Waals surface area contributed by atoms with Gasteiger partial charge in [-0.2, -0.15) is 0 Å². The molecular weight excluding hydrogens is 448 g/mol. The summed E-state index contributed by atoms with van der Waals surface area (Å²) in [7, 11) is 5.71. The fourth-order valence-electron chi connectivity index (χ4n) is 5.39. The number of nitrogens with zero attached hydrogens (tertiary/aromatic N) is 5. The highest BCUT2D eigenvalue weighted by atomic mass is 16.2. The predicted octanol–water partition coefficient (Wildman–Crippen LogP) is 4.45. The van der Waals surface area contributed by atoms with Gasteiger partial charge >= 0.3 is 0 Å². The molecule has 0 saturated carbocycles. The van der Waals surface area contributed by atoms with Crippen LogP contribution in [0.5, 0.6) is 0 Å². The third-order valence-electron chi connectivity index (χ3n) is 7.26. The Hall–Kier alpha value is -3.97. The number of piperazine rings is 1. The minimum atomic E-state index is -0.0118. The largest absolute Gasteiger partial charge is 0.362 e. The van der Waals surface area contributed by atoms with Gasteiger partial charge < -0.3 is 19.7 Å². The number of aryl methyl sites for hydroxylation is 1. The number of rotatable bonds is 3. The molecule has 6 rings (SSSR count). The molecule has 36 heavy (non-hydrogen) atoms. The van der Waals surface area contributed by atoms with Gasteiger partial charge in [0.15, 0.2) is 5.65 Å². The van der Waals surface area contributed by atoms with Crippen LogP contribution in [0, 0.1) is 6.92 Å². The van der Waals surface area contributed by atoms with Crippen molar-refractivity contribution in [2.75, 3.05) is 45.7 Å². The molecule has 2 aromatic carbocycles. The van der Waals surface area contributed by atoms with Gasteiger partial charge in [0.1, 0.15) is 5.52 Å². The molecule has 7 nitrogen and oxygen atoms in total. The lowest BCUT2D eigenvalue weighted by Gasteiger charge is -2.43. The van der Waals surface area contributed by atoms with Crippen molar-refractivity contribution < 1.29 is 4.79 Å². The van der Waals surface area contributed by atoms with E-state index in [1.54, 1.807) is 19.0 Å². The lowest BCUT2D eigenvalue weighted by molar-refractivity contribution is 0.0827. The van der Waals surface area contributed by atoms with Crippen LogP contribution in [0.4, 0.5) is 5.69 Å². The monoisotopic (exact) mass is 478 g/mol. The van der Waals surface area contributed by atoms with E-state index in [9.17, 15) is 4.79 Å². The molecule has 2 aliphatic rings. The minimum absolute atomic E-state index is 0.0118. The number of hydrogen-bond donors (Lipinski definition) is 1. The Morgan fingerprint density at radius 3 is 2.69 bits per heavy atom. The number of likely N-dealkylation sites (N-methyl/N-ethyl adjacent to an activating group) is 1. The second-order valence-electron chi connectivity index (χ2n) is 10.0. The fourth-order valence-corrected chi connectivity index (χ4v) is 5.39. The quantitative estimate of drug-likeness (QED) is 0.471. The van der Waals surface area contributed by atoms with Crippen LogP contribution in [0.15, 0.2) is 54.9 Å². The van der Waals surface area contributed by atoms with Crippen molar-refractivity contribution in [1.29, 1.82) is 0 Å². The van der Waals surface area contributed by atoms with Crippen molar-refractivity contribution in [3.05, 3.63) is 71.6 Å². The average Bonchev–Trinajstić information content (AvgIpc) is 3.31. The summed E-state index contributed by atoms with van der Waals surface area (Å²) in [6.07, 6.45) is 8.36. The molecule has 2 aliphatic heterocycles. The summed E-state index contributed by atoms with van der Waals surface area (Å²) in [5.74, 6) is -0.0118. The van der Waals surface area contributed by atoms with Crippen molar-refractivity contribution in [2.45, 2.75) is 13.0 Å². The van der Waals surface area contributed by atoms with Crippen LogP contribution in [0.1, 0.15) is 21.5 Å². The highest BCUT2D eigenvalue weighted by molar-refractivity contribution is 5.96. The third-order valence-corrected chi connectivity index (χ3v) is 7.26. The van der Waals surface area contributed by atoms with E-state index >= 15 is 0 Å². The van der Waals surface area contributed by atoms with Crippen LogP contribution >= 0.6 is 0 Å². The number of aromatic nitrogens is 3. The van der Waals surface area contributed by atoms with Gasteiger partial charge in [-0.1, -0.05) is 24.3 Å². The Morgan fingerprint density at radius 1 is 1.11 bits per heavy atom. The number of fused-ring (bicyclic) bond motifs is 4. The summed E-state index contributed by atoms with van der Waals surface area (Å²) in [6.45, 7) is 5.37. The van der Waals surface area contributed by atoms with Crippen molar-refractivity contribution in [1.82, 2.24) is 24.8 Å². The van der Waals surface area contributed by atoms with Crippen LogP contribution in [-0.2, 0) is 0 Å². The number of anilines is 1. The first kappa shape index (κ1) is 22.5. The third kappa shape index (κ3) is 3.76. The van der Waals surface area contributed by atoms with E-state index < -0.39 is 0 Å². The summed E-state index contributed by atoms with van der Waals surface area (Å²) in [5, 5.41) is 0.